The minimum atomic E-state index is -4.75. The molecule has 1 heterocycles. The summed E-state index contributed by atoms with van der Waals surface area (Å²) in [4.78, 5) is 24.6. The molecule has 8 heteroatoms. The van der Waals surface area contributed by atoms with E-state index >= 15 is 0 Å². The maximum Gasteiger partial charge on any atom is 0.573 e. The normalized spacial score (nSPS) is 19.0. The lowest BCUT2D eigenvalue weighted by Gasteiger charge is -2.14. The first-order chi connectivity index (χ1) is 9.80. The van der Waals surface area contributed by atoms with Gasteiger partial charge in [-0.25, -0.2) is 0 Å². The number of likely N-dealkylation sites (tertiary alicyclic amines) is 1. The van der Waals surface area contributed by atoms with Crippen LogP contribution in [-0.2, 0) is 9.59 Å². The molecule has 0 saturated carbocycles. The SMILES string of the molecule is CCN1C(=O)C[C@@H](Nc2ccc(OC(F)(F)F)cc2)C1=O. The maximum atomic E-state index is 12.0. The Kier molecular flexibility index (Phi) is 4.06. The van der Waals surface area contributed by atoms with E-state index in [0.717, 1.165) is 17.0 Å². The van der Waals surface area contributed by atoms with Crippen molar-refractivity contribution in [2.24, 2.45) is 0 Å². The smallest absolute Gasteiger partial charge is 0.406 e. The number of rotatable bonds is 4. The van der Waals surface area contributed by atoms with Gasteiger partial charge in [-0.1, -0.05) is 0 Å². The van der Waals surface area contributed by atoms with Crippen LogP contribution >= 0.6 is 0 Å². The van der Waals surface area contributed by atoms with Crippen LogP contribution in [0.2, 0.25) is 0 Å². The highest BCUT2D eigenvalue weighted by Crippen LogP contribution is 2.25. The Morgan fingerprint density at radius 2 is 1.90 bits per heavy atom. The van der Waals surface area contributed by atoms with Crippen molar-refractivity contribution in [3.8, 4) is 5.75 Å². The van der Waals surface area contributed by atoms with E-state index in [1.165, 1.54) is 12.1 Å². The van der Waals surface area contributed by atoms with Gasteiger partial charge in [0.15, 0.2) is 0 Å². The van der Waals surface area contributed by atoms with Crippen LogP contribution < -0.4 is 10.1 Å². The summed E-state index contributed by atoms with van der Waals surface area (Å²) in [6, 6.07) is 4.29. The summed E-state index contributed by atoms with van der Waals surface area (Å²) in [5.74, 6) is -0.952. The molecular formula is C13H13F3N2O3. The first-order valence-electron chi connectivity index (χ1n) is 6.26. The minimum Gasteiger partial charge on any atom is -0.406 e. The lowest BCUT2D eigenvalue weighted by atomic mass is 10.2. The Balaban J connectivity index is 2.01. The molecule has 1 aliphatic heterocycles. The fourth-order valence-electron chi connectivity index (χ4n) is 2.08. The molecule has 0 bridgehead atoms. The highest BCUT2D eigenvalue weighted by molar-refractivity contribution is 6.06. The fourth-order valence-corrected chi connectivity index (χ4v) is 2.08. The van der Waals surface area contributed by atoms with Crippen LogP contribution in [0.4, 0.5) is 18.9 Å². The molecule has 114 valence electrons. The van der Waals surface area contributed by atoms with Crippen LogP contribution in [0, 0.1) is 0 Å². The average Bonchev–Trinajstić information content (AvgIpc) is 2.65. The Morgan fingerprint density at radius 3 is 2.38 bits per heavy atom. The summed E-state index contributed by atoms with van der Waals surface area (Å²) < 4.78 is 39.8. The van der Waals surface area contributed by atoms with Crippen molar-refractivity contribution in [1.82, 2.24) is 4.90 Å². The van der Waals surface area contributed by atoms with Crippen molar-refractivity contribution in [3.05, 3.63) is 24.3 Å². The van der Waals surface area contributed by atoms with Gasteiger partial charge in [0.2, 0.25) is 5.91 Å². The lowest BCUT2D eigenvalue weighted by molar-refractivity contribution is -0.274. The highest BCUT2D eigenvalue weighted by Gasteiger charge is 2.37. The number of hydrogen-bond donors (Lipinski definition) is 1. The van der Waals surface area contributed by atoms with E-state index in [2.05, 4.69) is 10.1 Å². The van der Waals surface area contributed by atoms with Crippen molar-refractivity contribution in [2.45, 2.75) is 25.7 Å². The third-order valence-corrected chi connectivity index (χ3v) is 2.99. The van der Waals surface area contributed by atoms with E-state index in [9.17, 15) is 22.8 Å². The summed E-state index contributed by atoms with van der Waals surface area (Å²) in [6.45, 7) is 2.00. The predicted octanol–water partition coefficient (Wildman–Crippen LogP) is 2.14. The Hall–Kier alpha value is -2.25. The van der Waals surface area contributed by atoms with Crippen LogP contribution in [0.3, 0.4) is 0 Å². The Bertz CT molecular complexity index is 543. The van der Waals surface area contributed by atoms with E-state index in [1.54, 1.807) is 6.92 Å². The Labute approximate surface area is 118 Å². The molecule has 21 heavy (non-hydrogen) atoms. The fraction of sp³-hybridized carbons (Fsp3) is 0.385. The van der Waals surface area contributed by atoms with Crippen molar-refractivity contribution in [3.63, 3.8) is 0 Å². The highest BCUT2D eigenvalue weighted by atomic mass is 19.4. The molecule has 2 rings (SSSR count). The van der Waals surface area contributed by atoms with Gasteiger partial charge in [0.05, 0.1) is 6.42 Å². The molecule has 1 aromatic rings. The number of amides is 2. The zero-order valence-corrected chi connectivity index (χ0v) is 11.1. The average molecular weight is 302 g/mol. The van der Waals surface area contributed by atoms with Crippen molar-refractivity contribution < 1.29 is 27.5 Å². The van der Waals surface area contributed by atoms with E-state index < -0.39 is 12.4 Å². The van der Waals surface area contributed by atoms with Crippen molar-refractivity contribution in [2.75, 3.05) is 11.9 Å². The van der Waals surface area contributed by atoms with Gasteiger partial charge < -0.3 is 10.1 Å². The standard InChI is InChI=1S/C13H13F3N2O3/c1-2-18-11(19)7-10(12(18)20)17-8-3-5-9(6-4-8)21-13(14,15)16/h3-6,10,17H,2,7H2,1H3/t10-/m1/s1. The van der Waals surface area contributed by atoms with Gasteiger partial charge in [0, 0.05) is 12.2 Å². The van der Waals surface area contributed by atoms with Crippen LogP contribution in [0.5, 0.6) is 5.75 Å². The number of likely N-dealkylation sites (N-methyl/N-ethyl adjacent to an activating group) is 1. The molecule has 1 aliphatic rings. The summed E-state index contributed by atoms with van der Waals surface area (Å²) in [5, 5.41) is 2.83. The van der Waals surface area contributed by atoms with Gasteiger partial charge >= 0.3 is 6.36 Å². The minimum absolute atomic E-state index is 0.0352. The second kappa shape index (κ2) is 5.63. The second-order valence-electron chi connectivity index (χ2n) is 4.45. The number of hydrogen-bond acceptors (Lipinski definition) is 4. The number of anilines is 1. The molecule has 2 amide bonds. The Morgan fingerprint density at radius 1 is 1.29 bits per heavy atom. The monoisotopic (exact) mass is 302 g/mol. The van der Waals surface area contributed by atoms with Gasteiger partial charge in [0.25, 0.3) is 5.91 Å². The summed E-state index contributed by atoms with van der Waals surface area (Å²) in [5.41, 5.74) is 0.439. The number of carbonyl (C=O) groups is 2. The van der Waals surface area contributed by atoms with E-state index in [1.807, 2.05) is 0 Å². The van der Waals surface area contributed by atoms with Gasteiger partial charge in [-0.2, -0.15) is 0 Å². The number of ether oxygens (including phenoxy) is 1. The van der Waals surface area contributed by atoms with Crippen molar-refractivity contribution >= 4 is 17.5 Å². The quantitative estimate of drug-likeness (QED) is 0.866. The second-order valence-corrected chi connectivity index (χ2v) is 4.45. The van der Waals surface area contributed by atoms with Crippen molar-refractivity contribution in [1.29, 1.82) is 0 Å². The maximum absolute atomic E-state index is 12.0. The molecule has 1 fully saturated rings. The number of alkyl halides is 3. The summed E-state index contributed by atoms with van der Waals surface area (Å²) in [7, 11) is 0. The van der Waals surface area contributed by atoms with Crippen LogP contribution in [0.15, 0.2) is 24.3 Å². The van der Waals surface area contributed by atoms with Gasteiger partial charge in [-0.15, -0.1) is 13.2 Å². The summed E-state index contributed by atoms with van der Waals surface area (Å²) >= 11 is 0. The predicted molar refractivity (Wildman–Crippen MR) is 67.5 cm³/mol. The number of benzene rings is 1. The number of nitrogens with one attached hydrogen (secondary N) is 1. The van der Waals surface area contributed by atoms with Gasteiger partial charge in [-0.05, 0) is 31.2 Å². The molecule has 0 radical (unpaired) electrons. The lowest BCUT2D eigenvalue weighted by Crippen LogP contribution is -2.34. The molecule has 5 nitrogen and oxygen atoms in total. The van der Waals surface area contributed by atoms with E-state index in [-0.39, 0.29) is 24.0 Å². The molecule has 0 unspecified atom stereocenters. The van der Waals surface area contributed by atoms with Crippen LogP contribution in [0.1, 0.15) is 13.3 Å². The number of nitrogens with zero attached hydrogens (tertiary/aromatic N) is 1. The van der Waals surface area contributed by atoms with E-state index in [0.29, 0.717) is 12.2 Å². The van der Waals surface area contributed by atoms with Crippen LogP contribution in [0.25, 0.3) is 0 Å². The third-order valence-electron chi connectivity index (χ3n) is 2.99. The first kappa shape index (κ1) is 15.1. The topological polar surface area (TPSA) is 58.6 Å². The molecule has 0 spiro atoms. The van der Waals surface area contributed by atoms with E-state index in [4.69, 9.17) is 0 Å². The number of carbonyl (C=O) groups excluding carboxylic acids is 2. The molecular weight excluding hydrogens is 289 g/mol. The zero-order chi connectivity index (χ0) is 15.6. The molecule has 1 atom stereocenters. The molecule has 1 N–H and O–H groups in total. The van der Waals surface area contributed by atoms with Gasteiger partial charge in [0.1, 0.15) is 11.8 Å². The third kappa shape index (κ3) is 3.65. The molecule has 1 aromatic carbocycles. The summed E-state index contributed by atoms with van der Waals surface area (Å²) in [6.07, 6.45) is -4.71. The molecule has 0 aromatic heterocycles. The molecule has 1 saturated heterocycles. The zero-order valence-electron chi connectivity index (χ0n) is 11.1. The largest absolute Gasteiger partial charge is 0.573 e. The van der Waals surface area contributed by atoms with Gasteiger partial charge in [-0.3, -0.25) is 14.5 Å². The molecule has 0 aliphatic carbocycles. The first-order valence-corrected chi connectivity index (χ1v) is 6.26. The number of imide groups is 1. The number of halogens is 3. The van der Waals surface area contributed by atoms with Crippen LogP contribution in [-0.4, -0.2) is 35.7 Å².